The Labute approximate surface area is 289 Å². The van der Waals surface area contributed by atoms with E-state index in [-0.39, 0.29) is 5.75 Å². The number of methoxy groups -OCH3 is 1. The highest BCUT2D eigenvalue weighted by atomic mass is 32.2. The highest BCUT2D eigenvalue weighted by molar-refractivity contribution is 7.84. The van der Waals surface area contributed by atoms with E-state index in [9.17, 15) is 8.42 Å². The number of imidazole rings is 2. The maximum atomic E-state index is 12.8. The average molecular weight is 696 g/mol. The van der Waals surface area contributed by atoms with Crippen LogP contribution in [0.5, 0.6) is 5.75 Å². The maximum absolute atomic E-state index is 12.8. The molecule has 1 N–H and O–H groups in total. The first-order chi connectivity index (χ1) is 23.7. The van der Waals surface area contributed by atoms with Crippen molar-refractivity contribution in [2.75, 3.05) is 20.3 Å². The predicted molar refractivity (Wildman–Crippen MR) is 191 cm³/mol. The molecule has 0 radical (unpaired) electrons. The second kappa shape index (κ2) is 15.0. The Bertz CT molecular complexity index is 2210. The SMILES string of the molecule is COc1c(C)cnc(CS(=O)c2nc3ccc(C4=NCCO4)cc3[nH]2)c1C.Cc1ccccc1CS(=O)c1nccn1-c1ncccc1C. The number of benzene rings is 2. The van der Waals surface area contributed by atoms with E-state index in [4.69, 9.17) is 9.47 Å². The van der Waals surface area contributed by atoms with Gasteiger partial charge in [-0.15, -0.1) is 0 Å². The minimum absolute atomic E-state index is 0.269. The van der Waals surface area contributed by atoms with Crippen LogP contribution in [0.1, 0.15) is 39.1 Å². The van der Waals surface area contributed by atoms with Gasteiger partial charge in [0.2, 0.25) is 11.1 Å². The van der Waals surface area contributed by atoms with Gasteiger partial charge < -0.3 is 14.5 Å². The second-order valence-electron chi connectivity index (χ2n) is 11.5. The molecule has 0 aliphatic carbocycles. The van der Waals surface area contributed by atoms with E-state index in [1.54, 1.807) is 31.9 Å². The summed E-state index contributed by atoms with van der Waals surface area (Å²) in [6, 6.07) is 17.6. The summed E-state index contributed by atoms with van der Waals surface area (Å²) in [7, 11) is -0.941. The molecule has 49 heavy (non-hydrogen) atoms. The summed E-state index contributed by atoms with van der Waals surface area (Å²) in [6.07, 6.45) is 6.95. The van der Waals surface area contributed by atoms with E-state index in [1.807, 2.05) is 86.9 Å². The second-order valence-corrected chi connectivity index (χ2v) is 14.2. The lowest BCUT2D eigenvalue weighted by molar-refractivity contribution is 0.348. The number of nitrogens with one attached hydrogen (secondary N) is 1. The molecular formula is C36H37N7O4S2. The monoisotopic (exact) mass is 695 g/mol. The van der Waals surface area contributed by atoms with Crippen molar-refractivity contribution in [1.82, 2.24) is 29.5 Å². The van der Waals surface area contributed by atoms with Gasteiger partial charge in [-0.2, -0.15) is 0 Å². The van der Waals surface area contributed by atoms with Gasteiger partial charge in [0.25, 0.3) is 0 Å². The molecule has 1 aliphatic rings. The first kappa shape index (κ1) is 33.9. The Hall–Kier alpha value is -5.01. The zero-order chi connectivity index (χ0) is 34.5. The number of pyridine rings is 2. The summed E-state index contributed by atoms with van der Waals surface area (Å²) >= 11 is 0. The number of rotatable bonds is 9. The van der Waals surface area contributed by atoms with Crippen molar-refractivity contribution in [2.24, 2.45) is 4.99 Å². The third kappa shape index (κ3) is 7.52. The molecule has 0 fully saturated rings. The van der Waals surface area contributed by atoms with Crippen LogP contribution in [0.4, 0.5) is 0 Å². The normalized spacial score (nSPS) is 13.7. The third-order valence-electron chi connectivity index (χ3n) is 8.09. The molecule has 2 atom stereocenters. The van der Waals surface area contributed by atoms with Crippen molar-refractivity contribution in [3.8, 4) is 11.6 Å². The Morgan fingerprint density at radius 3 is 2.47 bits per heavy atom. The fourth-order valence-corrected chi connectivity index (χ4v) is 7.85. The van der Waals surface area contributed by atoms with E-state index < -0.39 is 21.6 Å². The molecule has 0 amide bonds. The van der Waals surface area contributed by atoms with Gasteiger partial charge in [-0.05, 0) is 68.7 Å². The van der Waals surface area contributed by atoms with Crippen molar-refractivity contribution in [2.45, 2.75) is 49.5 Å². The van der Waals surface area contributed by atoms with Crippen LogP contribution in [0, 0.1) is 27.7 Å². The van der Waals surface area contributed by atoms with Crippen molar-refractivity contribution in [1.29, 1.82) is 0 Å². The standard InChI is InChI=1S/C19H20N4O3S.C17H17N3OS/c1-11-9-21-16(12(2)17(11)25-3)10-27(24)19-22-14-5-4-13(8-15(14)23-19)18-20-6-7-26-18;1-13-6-3-4-8-15(13)12-22(21)17-19-10-11-20(17)16-14(2)7-5-9-18-16/h4-5,8-9H,6-7,10H2,1-3H3,(H,22,23);3-11H,12H2,1-2H3. The molecule has 7 rings (SSSR count). The number of hydrogen-bond donors (Lipinski definition) is 1. The van der Waals surface area contributed by atoms with E-state index in [1.165, 1.54) is 0 Å². The molecule has 1 aliphatic heterocycles. The predicted octanol–water partition coefficient (Wildman–Crippen LogP) is 5.86. The summed E-state index contributed by atoms with van der Waals surface area (Å²) in [5.41, 5.74) is 8.30. The third-order valence-corrected chi connectivity index (χ3v) is 10.5. The van der Waals surface area contributed by atoms with E-state index in [0.29, 0.717) is 35.1 Å². The first-order valence-electron chi connectivity index (χ1n) is 15.7. The van der Waals surface area contributed by atoms with Gasteiger partial charge in [-0.1, -0.05) is 30.3 Å². The number of H-pyrrole nitrogens is 1. The van der Waals surface area contributed by atoms with Gasteiger partial charge >= 0.3 is 0 Å². The fraction of sp³-hybridized carbons (Fsp3) is 0.250. The fourth-order valence-electron chi connectivity index (χ4n) is 5.47. The largest absolute Gasteiger partial charge is 0.496 e. The lowest BCUT2D eigenvalue weighted by Gasteiger charge is -2.11. The summed E-state index contributed by atoms with van der Waals surface area (Å²) < 4.78 is 38.3. The van der Waals surface area contributed by atoms with Crippen LogP contribution in [-0.4, -0.2) is 64.1 Å². The summed E-state index contributed by atoms with van der Waals surface area (Å²) in [5, 5.41) is 0.960. The number of fused-ring (bicyclic) bond motifs is 1. The number of aromatic nitrogens is 6. The zero-order valence-corrected chi connectivity index (χ0v) is 29.6. The molecule has 0 saturated heterocycles. The molecule has 5 heterocycles. The first-order valence-corrected chi connectivity index (χ1v) is 18.3. The average Bonchev–Trinajstić information content (AvgIpc) is 3.89. The molecule has 0 spiro atoms. The molecule has 4 aromatic heterocycles. The minimum atomic E-state index is -1.35. The van der Waals surface area contributed by atoms with Gasteiger partial charge in [-0.25, -0.2) is 19.9 Å². The van der Waals surface area contributed by atoms with E-state index in [0.717, 1.165) is 61.7 Å². The maximum Gasteiger partial charge on any atom is 0.216 e. The number of aromatic amines is 1. The van der Waals surface area contributed by atoms with Gasteiger partial charge in [0.1, 0.15) is 18.2 Å². The van der Waals surface area contributed by atoms with Crippen LogP contribution >= 0.6 is 0 Å². The highest BCUT2D eigenvalue weighted by Gasteiger charge is 2.18. The molecule has 2 unspecified atom stereocenters. The van der Waals surface area contributed by atoms with Crippen molar-refractivity contribution in [3.05, 3.63) is 118 Å². The quantitative estimate of drug-likeness (QED) is 0.199. The van der Waals surface area contributed by atoms with E-state index >= 15 is 0 Å². The van der Waals surface area contributed by atoms with Gasteiger partial charge in [0.05, 0.1) is 63.5 Å². The molecule has 0 bridgehead atoms. The zero-order valence-electron chi connectivity index (χ0n) is 28.0. The van der Waals surface area contributed by atoms with E-state index in [2.05, 4.69) is 29.9 Å². The highest BCUT2D eigenvalue weighted by Crippen LogP contribution is 2.26. The van der Waals surface area contributed by atoms with Crippen LogP contribution in [0.15, 0.2) is 94.7 Å². The number of hydrogen-bond acceptors (Lipinski definition) is 9. The molecule has 252 valence electrons. The van der Waals surface area contributed by atoms with Crippen LogP contribution < -0.4 is 4.74 Å². The smallest absolute Gasteiger partial charge is 0.216 e. The molecule has 13 heteroatoms. The lowest BCUT2D eigenvalue weighted by Crippen LogP contribution is -2.08. The van der Waals surface area contributed by atoms with Crippen LogP contribution in [0.25, 0.3) is 16.9 Å². The van der Waals surface area contributed by atoms with Crippen LogP contribution in [0.3, 0.4) is 0 Å². The number of nitrogens with zero attached hydrogens (tertiary/aromatic N) is 6. The van der Waals surface area contributed by atoms with Crippen LogP contribution in [0.2, 0.25) is 0 Å². The number of aliphatic imine (C=N–C) groups is 1. The summed E-state index contributed by atoms with van der Waals surface area (Å²) in [5.74, 6) is 2.91. The molecule has 6 aromatic rings. The van der Waals surface area contributed by atoms with Crippen molar-refractivity contribution < 1.29 is 17.9 Å². The number of aryl methyl sites for hydroxylation is 3. The molecule has 2 aromatic carbocycles. The molecular weight excluding hydrogens is 659 g/mol. The Morgan fingerprint density at radius 1 is 0.898 bits per heavy atom. The lowest BCUT2D eigenvalue weighted by atomic mass is 10.1. The summed E-state index contributed by atoms with van der Waals surface area (Å²) in [6.45, 7) is 9.17. The summed E-state index contributed by atoms with van der Waals surface area (Å²) in [4.78, 5) is 25.0. The topological polar surface area (TPSA) is 137 Å². The Morgan fingerprint density at radius 2 is 1.71 bits per heavy atom. The minimum Gasteiger partial charge on any atom is -0.496 e. The Balaban J connectivity index is 0.000000174. The van der Waals surface area contributed by atoms with Gasteiger partial charge in [0.15, 0.2) is 5.16 Å². The van der Waals surface area contributed by atoms with Crippen molar-refractivity contribution in [3.63, 3.8) is 0 Å². The van der Waals surface area contributed by atoms with Crippen LogP contribution in [-0.2, 0) is 37.8 Å². The van der Waals surface area contributed by atoms with Gasteiger partial charge in [0, 0.05) is 41.5 Å². The molecule has 0 saturated carbocycles. The molecule has 11 nitrogen and oxygen atoms in total. The van der Waals surface area contributed by atoms with Gasteiger partial charge in [-0.3, -0.25) is 18.0 Å². The Kier molecular flexibility index (Phi) is 10.4. The number of ether oxygens (including phenoxy) is 2. The van der Waals surface area contributed by atoms with Crippen molar-refractivity contribution >= 4 is 38.5 Å².